The summed E-state index contributed by atoms with van der Waals surface area (Å²) >= 11 is 0. The lowest BCUT2D eigenvalue weighted by molar-refractivity contribution is -0.0498. The molecule has 0 radical (unpaired) electrons. The van der Waals surface area contributed by atoms with Crippen LogP contribution in [0.15, 0.2) is 36.7 Å². The minimum Gasteiger partial charge on any atom is -0.435 e. The number of rotatable bonds is 7. The Kier molecular flexibility index (Phi) is 6.53. The number of hydrogen-bond acceptors (Lipinski definition) is 3. The van der Waals surface area contributed by atoms with Gasteiger partial charge in [-0.15, -0.1) is 0 Å². The van der Waals surface area contributed by atoms with Gasteiger partial charge in [-0.2, -0.15) is 8.78 Å². The molecule has 1 fully saturated rings. The second-order valence-electron chi connectivity index (χ2n) is 7.10. The maximum atomic E-state index is 12.2. The Morgan fingerprint density at radius 2 is 1.69 bits per heavy atom. The third kappa shape index (κ3) is 4.99. The molecule has 1 saturated carbocycles. The molecule has 0 saturated heterocycles. The first-order chi connectivity index (χ1) is 12.7. The molecule has 140 valence electrons. The fourth-order valence-corrected chi connectivity index (χ4v) is 3.76. The Hall–Kier alpha value is -2.04. The molecule has 1 heterocycles. The number of nitrogens with zero attached hydrogens (tertiary/aromatic N) is 2. The minimum atomic E-state index is -2.81. The largest absolute Gasteiger partial charge is 0.435 e. The predicted molar refractivity (Wildman–Crippen MR) is 98.3 cm³/mol. The molecule has 0 atom stereocenters. The summed E-state index contributed by atoms with van der Waals surface area (Å²) in [6.07, 6.45) is 12.9. The maximum Gasteiger partial charge on any atom is 0.387 e. The van der Waals surface area contributed by atoms with Crippen molar-refractivity contribution in [1.29, 1.82) is 0 Å². The monoisotopic (exact) mass is 360 g/mol. The van der Waals surface area contributed by atoms with Crippen molar-refractivity contribution in [3.8, 4) is 17.1 Å². The fourth-order valence-electron chi connectivity index (χ4n) is 3.76. The van der Waals surface area contributed by atoms with E-state index in [-0.39, 0.29) is 5.75 Å². The van der Waals surface area contributed by atoms with Gasteiger partial charge in [-0.1, -0.05) is 26.2 Å². The lowest BCUT2D eigenvalue weighted by Crippen LogP contribution is -2.13. The molecule has 0 N–H and O–H groups in total. The van der Waals surface area contributed by atoms with Crippen LogP contribution in [0.4, 0.5) is 8.78 Å². The Balaban J connectivity index is 1.58. The van der Waals surface area contributed by atoms with Gasteiger partial charge in [0.25, 0.3) is 0 Å². The number of halogens is 2. The number of alkyl halides is 2. The summed E-state index contributed by atoms with van der Waals surface area (Å²) in [6, 6.07) is 6.42. The average Bonchev–Trinajstić information content (AvgIpc) is 2.67. The van der Waals surface area contributed by atoms with Crippen molar-refractivity contribution >= 4 is 0 Å². The zero-order valence-electron chi connectivity index (χ0n) is 15.2. The van der Waals surface area contributed by atoms with Crippen molar-refractivity contribution in [2.45, 2.75) is 64.4 Å². The highest BCUT2D eigenvalue weighted by molar-refractivity contribution is 5.56. The number of unbranched alkanes of at least 4 members (excludes halogenated alkanes) is 1. The summed E-state index contributed by atoms with van der Waals surface area (Å²) in [5, 5.41) is 0. The molecule has 0 aliphatic heterocycles. The van der Waals surface area contributed by atoms with E-state index in [0.717, 1.165) is 11.5 Å². The van der Waals surface area contributed by atoms with E-state index in [1.54, 1.807) is 12.1 Å². The molecule has 0 bridgehead atoms. The van der Waals surface area contributed by atoms with Crippen LogP contribution in [0, 0.1) is 5.92 Å². The van der Waals surface area contributed by atoms with Crippen LogP contribution >= 0.6 is 0 Å². The number of benzene rings is 1. The van der Waals surface area contributed by atoms with E-state index in [9.17, 15) is 8.78 Å². The van der Waals surface area contributed by atoms with E-state index >= 15 is 0 Å². The number of hydrogen-bond donors (Lipinski definition) is 0. The third-order valence-corrected chi connectivity index (χ3v) is 5.29. The van der Waals surface area contributed by atoms with Crippen LogP contribution < -0.4 is 4.74 Å². The highest BCUT2D eigenvalue weighted by Crippen LogP contribution is 2.37. The Morgan fingerprint density at radius 3 is 2.27 bits per heavy atom. The van der Waals surface area contributed by atoms with E-state index in [0.29, 0.717) is 11.7 Å². The van der Waals surface area contributed by atoms with Gasteiger partial charge in [0.05, 0.1) is 0 Å². The lowest BCUT2D eigenvalue weighted by Gasteiger charge is -2.28. The van der Waals surface area contributed by atoms with Crippen LogP contribution in [0.25, 0.3) is 11.4 Å². The van der Waals surface area contributed by atoms with Gasteiger partial charge in [0.15, 0.2) is 5.82 Å². The molecule has 1 aromatic carbocycles. The normalized spacial score (nSPS) is 20.3. The van der Waals surface area contributed by atoms with Crippen molar-refractivity contribution in [3.05, 3.63) is 42.2 Å². The zero-order valence-corrected chi connectivity index (χ0v) is 15.2. The van der Waals surface area contributed by atoms with Crippen LogP contribution in [0.5, 0.6) is 5.75 Å². The van der Waals surface area contributed by atoms with E-state index in [4.69, 9.17) is 0 Å². The summed E-state index contributed by atoms with van der Waals surface area (Å²) in [5.74, 6) is 2.19. The molecule has 1 aliphatic rings. The molecular weight excluding hydrogens is 334 g/mol. The Labute approximate surface area is 153 Å². The van der Waals surface area contributed by atoms with Gasteiger partial charge in [-0.25, -0.2) is 9.97 Å². The van der Waals surface area contributed by atoms with Gasteiger partial charge in [-0.3, -0.25) is 0 Å². The predicted octanol–water partition coefficient (Wildman–Crippen LogP) is 6.21. The van der Waals surface area contributed by atoms with Crippen LogP contribution in [-0.4, -0.2) is 16.6 Å². The second-order valence-corrected chi connectivity index (χ2v) is 7.10. The Morgan fingerprint density at radius 1 is 1.04 bits per heavy atom. The first kappa shape index (κ1) is 18.7. The van der Waals surface area contributed by atoms with E-state index in [1.807, 2.05) is 12.4 Å². The van der Waals surface area contributed by atoms with Gasteiger partial charge >= 0.3 is 6.61 Å². The van der Waals surface area contributed by atoms with Gasteiger partial charge < -0.3 is 4.74 Å². The summed E-state index contributed by atoms with van der Waals surface area (Å²) < 4.78 is 28.8. The second kappa shape index (κ2) is 9.06. The summed E-state index contributed by atoms with van der Waals surface area (Å²) in [7, 11) is 0. The van der Waals surface area contributed by atoms with Crippen LogP contribution in [0.2, 0.25) is 0 Å². The fraction of sp³-hybridized carbons (Fsp3) is 0.524. The molecule has 1 aliphatic carbocycles. The maximum absolute atomic E-state index is 12.2. The number of ether oxygens (including phenoxy) is 1. The first-order valence-electron chi connectivity index (χ1n) is 9.53. The van der Waals surface area contributed by atoms with E-state index in [2.05, 4.69) is 21.6 Å². The van der Waals surface area contributed by atoms with Gasteiger partial charge in [0, 0.05) is 18.0 Å². The third-order valence-electron chi connectivity index (χ3n) is 5.29. The van der Waals surface area contributed by atoms with Crippen LogP contribution in [0.3, 0.4) is 0 Å². The summed E-state index contributed by atoms with van der Waals surface area (Å²) in [4.78, 5) is 8.97. The quantitative estimate of drug-likeness (QED) is 0.589. The molecule has 0 unspecified atom stereocenters. The van der Waals surface area contributed by atoms with Gasteiger partial charge in [0.1, 0.15) is 5.75 Å². The van der Waals surface area contributed by atoms with Crippen LogP contribution in [-0.2, 0) is 0 Å². The molecule has 3 rings (SSSR count). The average molecular weight is 360 g/mol. The van der Waals surface area contributed by atoms with E-state index < -0.39 is 6.61 Å². The highest BCUT2D eigenvalue weighted by Gasteiger charge is 2.22. The van der Waals surface area contributed by atoms with Crippen molar-refractivity contribution in [2.75, 3.05) is 0 Å². The summed E-state index contributed by atoms with van der Waals surface area (Å²) in [6.45, 7) is -0.558. The Bertz CT molecular complexity index is 665. The molecule has 3 nitrogen and oxygen atoms in total. The lowest BCUT2D eigenvalue weighted by atomic mass is 9.78. The molecule has 5 heteroatoms. The van der Waals surface area contributed by atoms with Crippen molar-refractivity contribution in [1.82, 2.24) is 9.97 Å². The SMILES string of the molecule is CCCCC1CCC(c2cnc(-c3ccc(OC(F)F)cc3)nc2)CC1. The van der Waals surface area contributed by atoms with E-state index in [1.165, 1.54) is 62.6 Å². The highest BCUT2D eigenvalue weighted by atomic mass is 19.3. The van der Waals surface area contributed by atoms with Gasteiger partial charge in [-0.05, 0) is 67.3 Å². The molecule has 1 aromatic heterocycles. The molecule has 2 aromatic rings. The van der Waals surface area contributed by atoms with Crippen molar-refractivity contribution < 1.29 is 13.5 Å². The zero-order chi connectivity index (χ0) is 18.4. The first-order valence-corrected chi connectivity index (χ1v) is 9.53. The van der Waals surface area contributed by atoms with Gasteiger partial charge in [0.2, 0.25) is 0 Å². The molecule has 0 spiro atoms. The van der Waals surface area contributed by atoms with Crippen molar-refractivity contribution in [2.24, 2.45) is 5.92 Å². The number of aromatic nitrogens is 2. The topological polar surface area (TPSA) is 35.0 Å². The molecular formula is C21H26F2N2O. The minimum absolute atomic E-state index is 0.139. The van der Waals surface area contributed by atoms with Crippen molar-refractivity contribution in [3.63, 3.8) is 0 Å². The summed E-state index contributed by atoms with van der Waals surface area (Å²) in [5.41, 5.74) is 2.00. The van der Waals surface area contributed by atoms with Crippen LogP contribution in [0.1, 0.15) is 63.4 Å². The molecule has 26 heavy (non-hydrogen) atoms. The molecule has 0 amide bonds. The standard InChI is InChI=1S/C21H26F2N2O/c1-2-3-4-15-5-7-16(8-6-15)18-13-24-20(25-14-18)17-9-11-19(12-10-17)26-21(22)23/h9-16,21H,2-8H2,1H3. The smallest absolute Gasteiger partial charge is 0.387 e.